The Morgan fingerprint density at radius 1 is 1.65 bits per heavy atom. The summed E-state index contributed by atoms with van der Waals surface area (Å²) in [5.74, 6) is -0.424. The van der Waals surface area contributed by atoms with Crippen LogP contribution in [0.4, 0.5) is 14.9 Å². The molecule has 0 bridgehead atoms. The first kappa shape index (κ1) is 12.0. The van der Waals surface area contributed by atoms with E-state index < -0.39 is 18.0 Å². The molecule has 4 nitrogen and oxygen atoms in total. The minimum absolute atomic E-state index is 0.272. The van der Waals surface area contributed by atoms with Gasteiger partial charge in [0, 0.05) is 24.2 Å². The normalized spacial score (nSPS) is 18.8. The van der Waals surface area contributed by atoms with Crippen molar-refractivity contribution < 1.29 is 14.3 Å². The zero-order chi connectivity index (χ0) is 12.6. The van der Waals surface area contributed by atoms with Crippen LogP contribution in [-0.2, 0) is 0 Å². The van der Waals surface area contributed by atoms with Gasteiger partial charge in [0.1, 0.15) is 5.82 Å². The van der Waals surface area contributed by atoms with E-state index in [1.165, 1.54) is 6.07 Å². The third-order valence-corrected chi connectivity index (χ3v) is 3.08. The second kappa shape index (κ2) is 4.41. The predicted molar refractivity (Wildman–Crippen MR) is 63.2 cm³/mol. The summed E-state index contributed by atoms with van der Waals surface area (Å²) in [6.45, 7) is 0.594. The summed E-state index contributed by atoms with van der Waals surface area (Å²) >= 11 is 5.80. The fourth-order valence-corrected chi connectivity index (χ4v) is 2.36. The number of hydrogen-bond acceptors (Lipinski definition) is 2. The van der Waals surface area contributed by atoms with Crippen LogP contribution in [0.3, 0.4) is 0 Å². The summed E-state index contributed by atoms with van der Waals surface area (Å²) in [5, 5.41) is 11.4. The number of nitrogens with one attached hydrogen (secondary N) is 1. The van der Waals surface area contributed by atoms with E-state index in [9.17, 15) is 9.18 Å². The lowest BCUT2D eigenvalue weighted by Crippen LogP contribution is -2.36. The van der Waals surface area contributed by atoms with E-state index >= 15 is 0 Å². The Morgan fingerprint density at radius 2 is 2.35 bits per heavy atom. The summed E-state index contributed by atoms with van der Waals surface area (Å²) in [7, 11) is 1.77. The first-order valence-electron chi connectivity index (χ1n) is 5.18. The molecule has 6 heteroatoms. The molecular weight excluding hydrogens is 247 g/mol. The molecule has 0 saturated carbocycles. The highest BCUT2D eigenvalue weighted by Crippen LogP contribution is 2.37. The van der Waals surface area contributed by atoms with Gasteiger partial charge in [-0.25, -0.2) is 9.18 Å². The van der Waals surface area contributed by atoms with Crippen molar-refractivity contribution >= 4 is 23.4 Å². The number of anilines is 1. The van der Waals surface area contributed by atoms with Crippen molar-refractivity contribution in [3.63, 3.8) is 0 Å². The lowest BCUT2D eigenvalue weighted by atomic mass is 9.96. The quantitative estimate of drug-likeness (QED) is 0.814. The van der Waals surface area contributed by atoms with Crippen LogP contribution in [0.25, 0.3) is 0 Å². The van der Waals surface area contributed by atoms with Gasteiger partial charge in [0.05, 0.1) is 11.7 Å². The third kappa shape index (κ3) is 2.29. The highest BCUT2D eigenvalue weighted by molar-refractivity contribution is 6.30. The molecule has 1 unspecified atom stereocenters. The SMILES string of the molecule is CN1CCC(NC(=O)O)c2cc(Cl)cc(F)c21. The van der Waals surface area contributed by atoms with Crippen molar-refractivity contribution in [3.8, 4) is 0 Å². The zero-order valence-electron chi connectivity index (χ0n) is 9.20. The number of fused-ring (bicyclic) bond motifs is 1. The van der Waals surface area contributed by atoms with E-state index in [1.54, 1.807) is 18.0 Å². The lowest BCUT2D eigenvalue weighted by molar-refractivity contribution is 0.189. The van der Waals surface area contributed by atoms with E-state index in [4.69, 9.17) is 16.7 Å². The topological polar surface area (TPSA) is 52.6 Å². The molecule has 0 fully saturated rings. The van der Waals surface area contributed by atoms with Crippen molar-refractivity contribution in [1.29, 1.82) is 0 Å². The fraction of sp³-hybridized carbons (Fsp3) is 0.364. The molecule has 1 amide bonds. The van der Waals surface area contributed by atoms with Crippen molar-refractivity contribution in [3.05, 3.63) is 28.5 Å². The Bertz CT molecular complexity index is 467. The molecule has 0 aromatic heterocycles. The summed E-state index contributed by atoms with van der Waals surface area (Å²) in [6, 6.07) is 2.43. The molecule has 0 saturated heterocycles. The molecule has 1 aliphatic rings. The Hall–Kier alpha value is -1.49. The van der Waals surface area contributed by atoms with Gasteiger partial charge < -0.3 is 15.3 Å². The van der Waals surface area contributed by atoms with Crippen LogP contribution in [0.1, 0.15) is 18.0 Å². The number of nitrogens with zero attached hydrogens (tertiary/aromatic N) is 1. The van der Waals surface area contributed by atoms with E-state index in [-0.39, 0.29) is 5.02 Å². The number of benzene rings is 1. The maximum atomic E-state index is 13.8. The maximum Gasteiger partial charge on any atom is 0.405 e. The highest BCUT2D eigenvalue weighted by atomic mass is 35.5. The van der Waals surface area contributed by atoms with Gasteiger partial charge in [-0.05, 0) is 18.6 Å². The van der Waals surface area contributed by atoms with Crippen molar-refractivity contribution in [1.82, 2.24) is 5.32 Å². The van der Waals surface area contributed by atoms with Gasteiger partial charge in [-0.1, -0.05) is 11.6 Å². The van der Waals surface area contributed by atoms with Crippen LogP contribution < -0.4 is 10.2 Å². The van der Waals surface area contributed by atoms with Gasteiger partial charge in [0.15, 0.2) is 0 Å². The average Bonchev–Trinajstić information content (AvgIpc) is 2.20. The zero-order valence-corrected chi connectivity index (χ0v) is 9.96. The molecule has 1 heterocycles. The van der Waals surface area contributed by atoms with Gasteiger partial charge in [0.25, 0.3) is 0 Å². The second-order valence-corrected chi connectivity index (χ2v) is 4.47. The summed E-state index contributed by atoms with van der Waals surface area (Å²) in [4.78, 5) is 12.4. The van der Waals surface area contributed by atoms with Crippen LogP contribution in [0.15, 0.2) is 12.1 Å². The molecule has 2 rings (SSSR count). The number of hydrogen-bond donors (Lipinski definition) is 2. The first-order valence-corrected chi connectivity index (χ1v) is 5.56. The Balaban J connectivity index is 2.47. The lowest BCUT2D eigenvalue weighted by Gasteiger charge is -2.33. The summed E-state index contributed by atoms with van der Waals surface area (Å²) in [5.41, 5.74) is 1.01. The van der Waals surface area contributed by atoms with Gasteiger partial charge in [-0.2, -0.15) is 0 Å². The number of carboxylic acid groups (broad SMARTS) is 1. The van der Waals surface area contributed by atoms with Crippen LogP contribution >= 0.6 is 11.6 Å². The van der Waals surface area contributed by atoms with Gasteiger partial charge in [0.2, 0.25) is 0 Å². The van der Waals surface area contributed by atoms with E-state index in [1.807, 2.05) is 0 Å². The summed E-state index contributed by atoms with van der Waals surface area (Å²) < 4.78 is 13.8. The maximum absolute atomic E-state index is 13.8. The Kier molecular flexibility index (Phi) is 3.11. The van der Waals surface area contributed by atoms with Crippen LogP contribution in [0.5, 0.6) is 0 Å². The van der Waals surface area contributed by atoms with Crippen molar-refractivity contribution in [2.45, 2.75) is 12.5 Å². The van der Waals surface area contributed by atoms with Crippen molar-refractivity contribution in [2.75, 3.05) is 18.5 Å². The molecule has 0 radical (unpaired) electrons. The number of amides is 1. The molecule has 1 atom stereocenters. The summed E-state index contributed by atoms with van der Waals surface area (Å²) in [6.07, 6.45) is -0.527. The first-order chi connectivity index (χ1) is 7.99. The molecule has 0 spiro atoms. The van der Waals surface area contributed by atoms with Crippen LogP contribution in [-0.4, -0.2) is 24.8 Å². The van der Waals surface area contributed by atoms with Gasteiger partial charge in [-0.3, -0.25) is 0 Å². The van der Waals surface area contributed by atoms with E-state index in [0.29, 0.717) is 24.2 Å². The molecule has 17 heavy (non-hydrogen) atoms. The molecule has 92 valence electrons. The predicted octanol–water partition coefficient (Wildman–Crippen LogP) is 2.63. The highest BCUT2D eigenvalue weighted by Gasteiger charge is 2.27. The molecule has 2 N–H and O–H groups in total. The third-order valence-electron chi connectivity index (χ3n) is 2.87. The van der Waals surface area contributed by atoms with E-state index in [2.05, 4.69) is 5.32 Å². The second-order valence-electron chi connectivity index (χ2n) is 4.04. The number of carbonyl (C=O) groups is 1. The van der Waals surface area contributed by atoms with Crippen LogP contribution in [0, 0.1) is 5.82 Å². The smallest absolute Gasteiger partial charge is 0.405 e. The average molecular weight is 259 g/mol. The minimum atomic E-state index is -1.12. The van der Waals surface area contributed by atoms with Crippen LogP contribution in [0.2, 0.25) is 5.02 Å². The monoisotopic (exact) mass is 258 g/mol. The van der Waals surface area contributed by atoms with E-state index in [0.717, 1.165) is 0 Å². The minimum Gasteiger partial charge on any atom is -0.465 e. The Labute approximate surface area is 103 Å². The number of rotatable bonds is 1. The molecule has 1 aromatic carbocycles. The fourth-order valence-electron chi connectivity index (χ4n) is 2.14. The molecule has 1 aromatic rings. The molecule has 0 aliphatic carbocycles. The molecule has 1 aliphatic heterocycles. The molecular formula is C11H12ClFN2O2. The number of halogens is 2. The van der Waals surface area contributed by atoms with Crippen molar-refractivity contribution in [2.24, 2.45) is 0 Å². The van der Waals surface area contributed by atoms with Gasteiger partial charge >= 0.3 is 6.09 Å². The van der Waals surface area contributed by atoms with Gasteiger partial charge in [-0.15, -0.1) is 0 Å². The standard InChI is InChI=1S/C11H12ClFN2O2/c1-15-3-2-9(14-11(16)17)7-4-6(12)5-8(13)10(7)15/h4-5,9,14H,2-3H2,1H3,(H,16,17). The largest absolute Gasteiger partial charge is 0.465 e. The Morgan fingerprint density at radius 3 is 3.00 bits per heavy atom.